The Labute approximate surface area is 146 Å². The van der Waals surface area contributed by atoms with Crippen LogP contribution in [0.1, 0.15) is 39.2 Å². The monoisotopic (exact) mass is 323 g/mol. The van der Waals surface area contributed by atoms with E-state index in [1.165, 1.54) is 35.5 Å². The number of nitrogens with one attached hydrogen (secondary N) is 2. The number of rotatable bonds is 6. The molecule has 0 spiro atoms. The Balaban J connectivity index is 1.93. The number of aryl methyl sites for hydroxylation is 1. The third-order valence-electron chi connectivity index (χ3n) is 4.78. The maximum Gasteiger partial charge on any atom is 0.101 e. The lowest BCUT2D eigenvalue weighted by molar-refractivity contribution is 0.502. The zero-order valence-corrected chi connectivity index (χ0v) is 15.3. The van der Waals surface area contributed by atoms with Gasteiger partial charge in [0.05, 0.1) is 17.1 Å². The van der Waals surface area contributed by atoms with Crippen LogP contribution >= 0.6 is 0 Å². The smallest absolute Gasteiger partial charge is 0.101 e. The van der Waals surface area contributed by atoms with Gasteiger partial charge < -0.3 is 15.5 Å². The average molecular weight is 323 g/mol. The summed E-state index contributed by atoms with van der Waals surface area (Å²) in [5, 5.41) is 7.38. The molecule has 2 aromatic carbocycles. The van der Waals surface area contributed by atoms with Gasteiger partial charge in [-0.3, -0.25) is 0 Å². The molecule has 3 heteroatoms. The Bertz CT molecular complexity index is 693. The molecule has 24 heavy (non-hydrogen) atoms. The van der Waals surface area contributed by atoms with E-state index >= 15 is 0 Å². The van der Waals surface area contributed by atoms with Gasteiger partial charge in [0.2, 0.25) is 0 Å². The summed E-state index contributed by atoms with van der Waals surface area (Å²) in [6.45, 7) is 10.1. The van der Waals surface area contributed by atoms with E-state index in [2.05, 4.69) is 85.7 Å². The molecule has 1 atom stereocenters. The Morgan fingerprint density at radius 3 is 2.54 bits per heavy atom. The number of hydrogen-bond acceptors (Lipinski definition) is 3. The SMILES string of the molecule is CCCCN1c2cccc(Nc3ccccc3C)c2NC1C(C)C. The fourth-order valence-electron chi connectivity index (χ4n) is 3.38. The second-order valence-electron chi connectivity index (χ2n) is 7.02. The Hall–Kier alpha value is -2.16. The van der Waals surface area contributed by atoms with Crippen molar-refractivity contribution >= 4 is 22.7 Å². The summed E-state index contributed by atoms with van der Waals surface area (Å²) in [5.74, 6) is 0.556. The van der Waals surface area contributed by atoms with Crippen molar-refractivity contribution in [2.75, 3.05) is 22.1 Å². The molecule has 1 aliphatic rings. The van der Waals surface area contributed by atoms with E-state index in [0.29, 0.717) is 12.1 Å². The highest BCUT2D eigenvalue weighted by Gasteiger charge is 2.31. The second-order valence-corrected chi connectivity index (χ2v) is 7.02. The van der Waals surface area contributed by atoms with Gasteiger partial charge in [0.15, 0.2) is 0 Å². The zero-order valence-electron chi connectivity index (χ0n) is 15.3. The van der Waals surface area contributed by atoms with Gasteiger partial charge in [-0.15, -0.1) is 0 Å². The molecule has 3 rings (SSSR count). The third kappa shape index (κ3) is 3.21. The molecule has 0 aliphatic carbocycles. The van der Waals surface area contributed by atoms with Crippen molar-refractivity contribution in [3.63, 3.8) is 0 Å². The van der Waals surface area contributed by atoms with Gasteiger partial charge in [-0.05, 0) is 43.0 Å². The summed E-state index contributed by atoms with van der Waals surface area (Å²) in [7, 11) is 0. The van der Waals surface area contributed by atoms with Crippen LogP contribution in [0.2, 0.25) is 0 Å². The van der Waals surface area contributed by atoms with Crippen LogP contribution < -0.4 is 15.5 Å². The minimum Gasteiger partial charge on any atom is -0.362 e. The highest BCUT2D eigenvalue weighted by atomic mass is 15.3. The Morgan fingerprint density at radius 2 is 1.83 bits per heavy atom. The van der Waals surface area contributed by atoms with Gasteiger partial charge in [0, 0.05) is 12.2 Å². The van der Waals surface area contributed by atoms with Gasteiger partial charge >= 0.3 is 0 Å². The van der Waals surface area contributed by atoms with E-state index in [4.69, 9.17) is 0 Å². The summed E-state index contributed by atoms with van der Waals surface area (Å²) < 4.78 is 0. The normalized spacial score (nSPS) is 16.2. The van der Waals surface area contributed by atoms with Crippen molar-refractivity contribution in [3.05, 3.63) is 48.0 Å². The average Bonchev–Trinajstić information content (AvgIpc) is 2.95. The Kier molecular flexibility index (Phi) is 4.98. The fraction of sp³-hybridized carbons (Fsp3) is 0.429. The molecule has 0 saturated heterocycles. The maximum absolute atomic E-state index is 3.76. The van der Waals surface area contributed by atoms with Crippen LogP contribution in [0.25, 0.3) is 0 Å². The number of fused-ring (bicyclic) bond motifs is 1. The van der Waals surface area contributed by atoms with E-state index in [-0.39, 0.29) is 0 Å². The first-order valence-corrected chi connectivity index (χ1v) is 9.10. The lowest BCUT2D eigenvalue weighted by Gasteiger charge is -2.29. The summed E-state index contributed by atoms with van der Waals surface area (Å²) >= 11 is 0. The molecule has 3 nitrogen and oxygen atoms in total. The minimum absolute atomic E-state index is 0.367. The van der Waals surface area contributed by atoms with Gasteiger partial charge in [-0.25, -0.2) is 0 Å². The molecule has 0 amide bonds. The van der Waals surface area contributed by atoms with Crippen molar-refractivity contribution in [1.82, 2.24) is 0 Å². The minimum atomic E-state index is 0.367. The van der Waals surface area contributed by atoms with Crippen molar-refractivity contribution < 1.29 is 0 Å². The van der Waals surface area contributed by atoms with Gasteiger partial charge in [-0.1, -0.05) is 51.5 Å². The predicted octanol–water partition coefficient (Wildman–Crippen LogP) is 5.75. The van der Waals surface area contributed by atoms with Crippen molar-refractivity contribution in [2.45, 2.75) is 46.7 Å². The van der Waals surface area contributed by atoms with Crippen LogP contribution in [0.4, 0.5) is 22.7 Å². The highest BCUT2D eigenvalue weighted by molar-refractivity contribution is 5.89. The summed E-state index contributed by atoms with van der Waals surface area (Å²) in [4.78, 5) is 2.53. The van der Waals surface area contributed by atoms with Gasteiger partial charge in [-0.2, -0.15) is 0 Å². The molecule has 1 heterocycles. The molecule has 2 aromatic rings. The van der Waals surface area contributed by atoms with Gasteiger partial charge in [0.1, 0.15) is 6.17 Å². The second kappa shape index (κ2) is 7.16. The van der Waals surface area contributed by atoms with Crippen molar-refractivity contribution in [2.24, 2.45) is 5.92 Å². The van der Waals surface area contributed by atoms with Gasteiger partial charge in [0.25, 0.3) is 0 Å². The number of benzene rings is 2. The molecule has 0 fully saturated rings. The van der Waals surface area contributed by atoms with Crippen molar-refractivity contribution in [1.29, 1.82) is 0 Å². The summed E-state index contributed by atoms with van der Waals surface area (Å²) in [6.07, 6.45) is 2.81. The lowest BCUT2D eigenvalue weighted by atomic mass is 10.1. The van der Waals surface area contributed by atoms with E-state index in [9.17, 15) is 0 Å². The van der Waals surface area contributed by atoms with Crippen LogP contribution in [0.15, 0.2) is 42.5 Å². The lowest BCUT2D eigenvalue weighted by Crippen LogP contribution is -2.40. The zero-order chi connectivity index (χ0) is 17.1. The molecule has 2 N–H and O–H groups in total. The third-order valence-corrected chi connectivity index (χ3v) is 4.78. The molecule has 0 bridgehead atoms. The van der Waals surface area contributed by atoms with E-state index in [1.54, 1.807) is 0 Å². The standard InChI is InChI=1S/C21H29N3/c1-5-6-14-24-19-13-9-12-18(20(19)23-21(24)15(2)3)22-17-11-8-7-10-16(17)4/h7-13,15,21-23H,5-6,14H2,1-4H3. The highest BCUT2D eigenvalue weighted by Crippen LogP contribution is 2.43. The van der Waals surface area contributed by atoms with Crippen LogP contribution in [0, 0.1) is 12.8 Å². The summed E-state index contributed by atoms with van der Waals surface area (Å²) in [6, 6.07) is 15.0. The first-order valence-electron chi connectivity index (χ1n) is 9.10. The quantitative estimate of drug-likeness (QED) is 0.708. The number of anilines is 4. The van der Waals surface area contributed by atoms with Crippen LogP contribution in [-0.2, 0) is 0 Å². The first kappa shape index (κ1) is 16.7. The number of para-hydroxylation sites is 2. The van der Waals surface area contributed by atoms with E-state index < -0.39 is 0 Å². The Morgan fingerprint density at radius 1 is 1.08 bits per heavy atom. The molecule has 0 aromatic heterocycles. The first-order chi connectivity index (χ1) is 11.6. The number of hydrogen-bond donors (Lipinski definition) is 2. The molecule has 1 aliphatic heterocycles. The summed E-state index contributed by atoms with van der Waals surface area (Å²) in [5.41, 5.74) is 6.14. The topological polar surface area (TPSA) is 27.3 Å². The maximum atomic E-state index is 3.76. The van der Waals surface area contributed by atoms with Crippen LogP contribution in [0.5, 0.6) is 0 Å². The molecule has 0 saturated carbocycles. The number of unbranched alkanes of at least 4 members (excludes halogenated alkanes) is 1. The number of nitrogens with zero attached hydrogens (tertiary/aromatic N) is 1. The van der Waals surface area contributed by atoms with Crippen LogP contribution in [0.3, 0.4) is 0 Å². The van der Waals surface area contributed by atoms with Crippen molar-refractivity contribution in [3.8, 4) is 0 Å². The predicted molar refractivity (Wildman–Crippen MR) is 105 cm³/mol. The van der Waals surface area contributed by atoms with E-state index in [1.807, 2.05) is 0 Å². The van der Waals surface area contributed by atoms with E-state index in [0.717, 1.165) is 12.2 Å². The molecular formula is C21H29N3. The molecular weight excluding hydrogens is 294 g/mol. The fourth-order valence-corrected chi connectivity index (χ4v) is 3.38. The molecule has 1 unspecified atom stereocenters. The largest absolute Gasteiger partial charge is 0.362 e. The molecule has 0 radical (unpaired) electrons. The van der Waals surface area contributed by atoms with Crippen LogP contribution in [-0.4, -0.2) is 12.7 Å². The molecule has 128 valence electrons.